The van der Waals surface area contributed by atoms with E-state index in [0.717, 1.165) is 18.8 Å². The van der Waals surface area contributed by atoms with Crippen LogP contribution in [0, 0.1) is 0 Å². The Morgan fingerprint density at radius 3 is 2.57 bits per heavy atom. The highest BCUT2D eigenvalue weighted by Gasteiger charge is 2.12. The normalized spacial score (nSPS) is 11.2. The molecular weight excluding hydrogens is 264 g/mol. The number of rotatable bonds is 5. The minimum Gasteiger partial charge on any atom is -0.364 e. The number of hydrogen-bond acceptors (Lipinski definition) is 6. The third-order valence-electron chi connectivity index (χ3n) is 2.88. The Hall–Kier alpha value is -2.24. The van der Waals surface area contributed by atoms with E-state index in [1.54, 1.807) is 18.6 Å². The van der Waals surface area contributed by atoms with Crippen molar-refractivity contribution < 1.29 is 0 Å². The Labute approximate surface area is 125 Å². The maximum absolute atomic E-state index is 4.50. The van der Waals surface area contributed by atoms with Crippen LogP contribution in [0.2, 0.25) is 0 Å². The lowest BCUT2D eigenvalue weighted by molar-refractivity contribution is 0.628. The smallest absolute Gasteiger partial charge is 0.247 e. The van der Waals surface area contributed by atoms with Gasteiger partial charge < -0.3 is 10.2 Å². The van der Waals surface area contributed by atoms with Crippen LogP contribution in [0.3, 0.4) is 0 Å². The summed E-state index contributed by atoms with van der Waals surface area (Å²) in [6.45, 7) is 7.08. The molecule has 0 spiro atoms. The van der Waals surface area contributed by atoms with Gasteiger partial charge in [0, 0.05) is 31.5 Å². The van der Waals surface area contributed by atoms with Gasteiger partial charge in [-0.3, -0.25) is 4.98 Å². The molecule has 6 heteroatoms. The van der Waals surface area contributed by atoms with Gasteiger partial charge in [-0.1, -0.05) is 0 Å². The Morgan fingerprint density at radius 1 is 1.19 bits per heavy atom. The van der Waals surface area contributed by atoms with Gasteiger partial charge in [-0.2, -0.15) is 10.1 Å². The molecule has 0 bridgehead atoms. The zero-order valence-corrected chi connectivity index (χ0v) is 13.0. The number of likely N-dealkylation sites (N-methyl/N-ethyl adjacent to an activating group) is 1. The maximum atomic E-state index is 4.50. The highest BCUT2D eigenvalue weighted by molar-refractivity contribution is 5.40. The molecule has 0 fully saturated rings. The predicted octanol–water partition coefficient (Wildman–Crippen LogP) is 2.16. The molecule has 0 saturated carbocycles. The minimum atomic E-state index is -0.0527. The Kier molecular flexibility index (Phi) is 4.67. The number of pyridine rings is 1. The van der Waals surface area contributed by atoms with Gasteiger partial charge in [0.2, 0.25) is 5.95 Å². The van der Waals surface area contributed by atoms with Crippen molar-refractivity contribution in [1.82, 2.24) is 20.2 Å². The molecule has 0 saturated heterocycles. The standard InChI is InChI=1S/C15H22N6/c1-15(2,3)19-13-11-17-20-14(18-13)21(4)10-7-12-5-8-16-9-6-12/h5-6,8-9,11H,7,10H2,1-4H3,(H,18,19,20). The molecule has 21 heavy (non-hydrogen) atoms. The predicted molar refractivity (Wildman–Crippen MR) is 84.4 cm³/mol. The fourth-order valence-electron chi connectivity index (χ4n) is 1.85. The molecule has 1 N–H and O–H groups in total. The number of nitrogens with one attached hydrogen (secondary N) is 1. The first kappa shape index (κ1) is 15.2. The first-order chi connectivity index (χ1) is 9.94. The van der Waals surface area contributed by atoms with Crippen LogP contribution in [-0.4, -0.2) is 39.3 Å². The second-order valence-electron chi connectivity index (χ2n) is 6.04. The van der Waals surface area contributed by atoms with E-state index in [-0.39, 0.29) is 5.54 Å². The van der Waals surface area contributed by atoms with Crippen molar-refractivity contribution in [3.63, 3.8) is 0 Å². The van der Waals surface area contributed by atoms with Crippen LogP contribution in [0.5, 0.6) is 0 Å². The van der Waals surface area contributed by atoms with Crippen molar-refractivity contribution in [3.8, 4) is 0 Å². The lowest BCUT2D eigenvalue weighted by Gasteiger charge is -2.22. The quantitative estimate of drug-likeness (QED) is 0.908. The molecule has 0 aliphatic rings. The van der Waals surface area contributed by atoms with E-state index in [4.69, 9.17) is 0 Å². The second-order valence-corrected chi connectivity index (χ2v) is 6.04. The fraction of sp³-hybridized carbons (Fsp3) is 0.467. The first-order valence-electron chi connectivity index (χ1n) is 7.02. The summed E-state index contributed by atoms with van der Waals surface area (Å²) in [4.78, 5) is 10.5. The maximum Gasteiger partial charge on any atom is 0.247 e. The van der Waals surface area contributed by atoms with Crippen molar-refractivity contribution in [3.05, 3.63) is 36.3 Å². The van der Waals surface area contributed by atoms with E-state index in [1.165, 1.54) is 5.56 Å². The third-order valence-corrected chi connectivity index (χ3v) is 2.88. The van der Waals surface area contributed by atoms with E-state index in [9.17, 15) is 0 Å². The third kappa shape index (κ3) is 4.98. The molecule has 0 unspecified atom stereocenters. The van der Waals surface area contributed by atoms with E-state index >= 15 is 0 Å². The summed E-state index contributed by atoms with van der Waals surface area (Å²) in [5.74, 6) is 1.36. The van der Waals surface area contributed by atoms with Crippen LogP contribution in [0.1, 0.15) is 26.3 Å². The Bertz CT molecular complexity index is 564. The Balaban J connectivity index is 1.99. The van der Waals surface area contributed by atoms with E-state index in [1.807, 2.05) is 24.1 Å². The van der Waals surface area contributed by atoms with E-state index < -0.39 is 0 Å². The van der Waals surface area contributed by atoms with Crippen molar-refractivity contribution in [2.24, 2.45) is 0 Å². The molecule has 2 aromatic rings. The van der Waals surface area contributed by atoms with Gasteiger partial charge >= 0.3 is 0 Å². The summed E-state index contributed by atoms with van der Waals surface area (Å²) in [6, 6.07) is 4.04. The highest BCUT2D eigenvalue weighted by atomic mass is 15.3. The minimum absolute atomic E-state index is 0.0527. The molecule has 0 aliphatic carbocycles. The summed E-state index contributed by atoms with van der Waals surface area (Å²) in [6.07, 6.45) is 6.17. The average molecular weight is 286 g/mol. The van der Waals surface area contributed by atoms with Crippen LogP contribution in [0.15, 0.2) is 30.7 Å². The number of nitrogens with zero attached hydrogens (tertiary/aromatic N) is 5. The molecule has 2 rings (SSSR count). The number of aromatic nitrogens is 4. The van der Waals surface area contributed by atoms with Crippen LogP contribution in [0.4, 0.5) is 11.8 Å². The monoisotopic (exact) mass is 286 g/mol. The van der Waals surface area contributed by atoms with Gasteiger partial charge in [-0.25, -0.2) is 0 Å². The van der Waals surface area contributed by atoms with E-state index in [0.29, 0.717) is 5.95 Å². The second kappa shape index (κ2) is 6.47. The summed E-state index contributed by atoms with van der Waals surface area (Å²) in [5, 5.41) is 11.4. The molecule has 0 aliphatic heterocycles. The summed E-state index contributed by atoms with van der Waals surface area (Å²) >= 11 is 0. The molecule has 0 atom stereocenters. The molecule has 0 radical (unpaired) electrons. The molecule has 6 nitrogen and oxygen atoms in total. The summed E-state index contributed by atoms with van der Waals surface area (Å²) in [5.41, 5.74) is 1.19. The van der Waals surface area contributed by atoms with Gasteiger partial charge in [0.15, 0.2) is 5.82 Å². The summed E-state index contributed by atoms with van der Waals surface area (Å²) in [7, 11) is 1.97. The lowest BCUT2D eigenvalue weighted by Crippen LogP contribution is -2.28. The lowest BCUT2D eigenvalue weighted by atomic mass is 10.1. The Morgan fingerprint density at radius 2 is 1.90 bits per heavy atom. The highest BCUT2D eigenvalue weighted by Crippen LogP contribution is 2.13. The van der Waals surface area contributed by atoms with Crippen molar-refractivity contribution in [2.45, 2.75) is 32.7 Å². The number of hydrogen-bond donors (Lipinski definition) is 1. The van der Waals surface area contributed by atoms with Crippen molar-refractivity contribution in [1.29, 1.82) is 0 Å². The van der Waals surface area contributed by atoms with Gasteiger partial charge in [-0.05, 0) is 44.9 Å². The SMILES string of the molecule is CN(CCc1ccncc1)c1nncc(NC(C)(C)C)n1. The van der Waals surface area contributed by atoms with Crippen LogP contribution in [0.25, 0.3) is 0 Å². The van der Waals surface area contributed by atoms with Gasteiger partial charge in [-0.15, -0.1) is 5.10 Å². The topological polar surface area (TPSA) is 66.8 Å². The molecule has 0 amide bonds. The zero-order chi connectivity index (χ0) is 15.3. The molecule has 112 valence electrons. The molecule has 0 aromatic carbocycles. The van der Waals surface area contributed by atoms with Gasteiger partial charge in [0.1, 0.15) is 0 Å². The fourth-order valence-corrected chi connectivity index (χ4v) is 1.85. The van der Waals surface area contributed by atoms with Crippen LogP contribution in [-0.2, 0) is 6.42 Å². The molecular formula is C15H22N6. The first-order valence-corrected chi connectivity index (χ1v) is 7.02. The van der Waals surface area contributed by atoms with Gasteiger partial charge in [0.05, 0.1) is 6.20 Å². The average Bonchev–Trinajstić information content (AvgIpc) is 2.44. The van der Waals surface area contributed by atoms with Gasteiger partial charge in [0.25, 0.3) is 0 Å². The molecule has 2 heterocycles. The zero-order valence-electron chi connectivity index (χ0n) is 13.0. The van der Waals surface area contributed by atoms with Crippen LogP contribution < -0.4 is 10.2 Å². The largest absolute Gasteiger partial charge is 0.364 e. The summed E-state index contributed by atoms with van der Waals surface area (Å²) < 4.78 is 0. The van der Waals surface area contributed by atoms with Crippen LogP contribution >= 0.6 is 0 Å². The van der Waals surface area contributed by atoms with Crippen molar-refractivity contribution >= 4 is 11.8 Å². The number of anilines is 2. The van der Waals surface area contributed by atoms with Crippen molar-refractivity contribution in [2.75, 3.05) is 23.8 Å². The molecule has 2 aromatic heterocycles. The van der Waals surface area contributed by atoms with E-state index in [2.05, 4.69) is 46.3 Å².